The number of nitro groups is 1. The Labute approximate surface area is 165 Å². The van der Waals surface area contributed by atoms with E-state index in [9.17, 15) is 14.9 Å². The molecule has 0 saturated heterocycles. The van der Waals surface area contributed by atoms with E-state index in [0.717, 1.165) is 11.4 Å². The molecule has 3 aromatic rings. The minimum Gasteiger partial charge on any atom is -0.494 e. The van der Waals surface area contributed by atoms with Gasteiger partial charge in [-0.15, -0.1) is 0 Å². The van der Waals surface area contributed by atoms with Crippen LogP contribution in [0.25, 0.3) is 5.69 Å². The van der Waals surface area contributed by atoms with Crippen molar-refractivity contribution in [3.05, 3.63) is 71.0 Å². The summed E-state index contributed by atoms with van der Waals surface area (Å²) >= 11 is 1.28. The normalized spacial score (nSPS) is 10.5. The first-order valence-corrected chi connectivity index (χ1v) is 9.49. The third-order valence-electron chi connectivity index (χ3n) is 3.73. The lowest BCUT2D eigenvalue weighted by Crippen LogP contribution is -2.14. The Morgan fingerprint density at radius 3 is 2.57 bits per heavy atom. The van der Waals surface area contributed by atoms with Gasteiger partial charge in [0.2, 0.25) is 5.91 Å². The lowest BCUT2D eigenvalue weighted by molar-refractivity contribution is -0.384. The number of nitrogens with one attached hydrogen (secondary N) is 1. The highest BCUT2D eigenvalue weighted by Gasteiger charge is 2.11. The first kappa shape index (κ1) is 19.4. The lowest BCUT2D eigenvalue weighted by atomic mass is 10.3. The van der Waals surface area contributed by atoms with Crippen LogP contribution < -0.4 is 10.1 Å². The molecule has 1 aromatic heterocycles. The molecule has 0 saturated carbocycles. The minimum absolute atomic E-state index is 0.0211. The second-order valence-corrected chi connectivity index (χ2v) is 6.59. The Kier molecular flexibility index (Phi) is 6.28. The number of ether oxygens (including phenoxy) is 1. The smallest absolute Gasteiger partial charge is 0.269 e. The summed E-state index contributed by atoms with van der Waals surface area (Å²) in [6, 6.07) is 13.3. The van der Waals surface area contributed by atoms with Crippen LogP contribution in [0.2, 0.25) is 0 Å². The zero-order valence-corrected chi connectivity index (χ0v) is 15.9. The van der Waals surface area contributed by atoms with Gasteiger partial charge in [0.05, 0.1) is 17.3 Å². The largest absolute Gasteiger partial charge is 0.494 e. The third kappa shape index (κ3) is 4.89. The second-order valence-electron chi connectivity index (χ2n) is 5.65. The summed E-state index contributed by atoms with van der Waals surface area (Å²) in [7, 11) is 0. The molecule has 0 aliphatic rings. The zero-order chi connectivity index (χ0) is 19.9. The molecule has 0 radical (unpaired) electrons. The van der Waals surface area contributed by atoms with Gasteiger partial charge in [0.25, 0.3) is 5.69 Å². The van der Waals surface area contributed by atoms with Gasteiger partial charge in [0.15, 0.2) is 5.16 Å². The van der Waals surface area contributed by atoms with E-state index < -0.39 is 4.92 Å². The van der Waals surface area contributed by atoms with Crippen LogP contribution in [-0.4, -0.2) is 32.7 Å². The summed E-state index contributed by atoms with van der Waals surface area (Å²) in [6.45, 7) is 2.50. The molecule has 0 spiro atoms. The van der Waals surface area contributed by atoms with Crippen LogP contribution in [-0.2, 0) is 4.79 Å². The molecule has 3 rings (SSSR count). The van der Waals surface area contributed by atoms with Crippen molar-refractivity contribution in [2.45, 2.75) is 12.1 Å². The molecule has 0 fully saturated rings. The fourth-order valence-corrected chi connectivity index (χ4v) is 3.23. The monoisotopic (exact) mass is 398 g/mol. The van der Waals surface area contributed by atoms with Gasteiger partial charge in [-0.25, -0.2) is 4.98 Å². The van der Waals surface area contributed by atoms with Gasteiger partial charge in [-0.2, -0.15) is 0 Å². The predicted molar refractivity (Wildman–Crippen MR) is 107 cm³/mol. The van der Waals surface area contributed by atoms with Crippen molar-refractivity contribution >= 4 is 29.0 Å². The molecule has 28 heavy (non-hydrogen) atoms. The average Bonchev–Trinajstić information content (AvgIpc) is 3.17. The van der Waals surface area contributed by atoms with Crippen LogP contribution in [0.4, 0.5) is 11.4 Å². The SMILES string of the molecule is CCOc1ccc(NC(=O)CSc2nccn2-c2ccc([N+](=O)[O-])cc2)cc1. The molecular weight excluding hydrogens is 380 g/mol. The number of nitrogens with zero attached hydrogens (tertiary/aromatic N) is 3. The number of benzene rings is 2. The molecule has 1 heterocycles. The van der Waals surface area contributed by atoms with E-state index in [1.807, 2.05) is 6.92 Å². The van der Waals surface area contributed by atoms with Gasteiger partial charge in [-0.1, -0.05) is 11.8 Å². The zero-order valence-electron chi connectivity index (χ0n) is 15.1. The number of aromatic nitrogens is 2. The molecule has 9 heteroatoms. The number of imidazole rings is 1. The molecule has 144 valence electrons. The van der Waals surface area contributed by atoms with Crippen molar-refractivity contribution in [1.82, 2.24) is 9.55 Å². The molecule has 0 bridgehead atoms. The highest BCUT2D eigenvalue weighted by molar-refractivity contribution is 7.99. The Hall–Kier alpha value is -3.33. The van der Waals surface area contributed by atoms with Crippen LogP contribution in [0, 0.1) is 10.1 Å². The molecule has 1 N–H and O–H groups in total. The summed E-state index contributed by atoms with van der Waals surface area (Å²) in [6.07, 6.45) is 3.36. The van der Waals surface area contributed by atoms with Crippen LogP contribution in [0.3, 0.4) is 0 Å². The van der Waals surface area contributed by atoms with E-state index in [1.165, 1.54) is 23.9 Å². The van der Waals surface area contributed by atoms with Gasteiger partial charge in [-0.05, 0) is 43.3 Å². The van der Waals surface area contributed by atoms with Crippen molar-refractivity contribution in [2.75, 3.05) is 17.7 Å². The van der Waals surface area contributed by atoms with Gasteiger partial charge in [0.1, 0.15) is 5.75 Å². The molecule has 0 aliphatic carbocycles. The van der Waals surface area contributed by atoms with E-state index in [-0.39, 0.29) is 17.3 Å². The molecule has 2 aromatic carbocycles. The third-order valence-corrected chi connectivity index (χ3v) is 4.69. The number of non-ortho nitro benzene ring substituents is 1. The summed E-state index contributed by atoms with van der Waals surface area (Å²) < 4.78 is 7.15. The van der Waals surface area contributed by atoms with E-state index in [0.29, 0.717) is 17.5 Å². The number of nitro benzene ring substituents is 1. The molecule has 0 unspecified atom stereocenters. The number of rotatable bonds is 8. The first-order chi connectivity index (χ1) is 13.6. The van der Waals surface area contributed by atoms with E-state index >= 15 is 0 Å². The minimum atomic E-state index is -0.446. The summed E-state index contributed by atoms with van der Waals surface area (Å²) in [4.78, 5) is 26.8. The summed E-state index contributed by atoms with van der Waals surface area (Å²) in [5.74, 6) is 0.768. The van der Waals surface area contributed by atoms with Crippen LogP contribution in [0.15, 0.2) is 66.1 Å². The average molecular weight is 398 g/mol. The van der Waals surface area contributed by atoms with E-state index in [1.54, 1.807) is 53.4 Å². The summed E-state index contributed by atoms with van der Waals surface area (Å²) in [5.41, 5.74) is 1.44. The number of amides is 1. The highest BCUT2D eigenvalue weighted by Crippen LogP contribution is 2.23. The maximum Gasteiger partial charge on any atom is 0.269 e. The van der Waals surface area contributed by atoms with Gasteiger partial charge >= 0.3 is 0 Å². The van der Waals surface area contributed by atoms with Gasteiger partial charge in [0, 0.05) is 35.9 Å². The van der Waals surface area contributed by atoms with Crippen LogP contribution in [0.5, 0.6) is 5.75 Å². The number of carbonyl (C=O) groups is 1. The number of hydrogen-bond acceptors (Lipinski definition) is 6. The van der Waals surface area contributed by atoms with E-state index in [2.05, 4.69) is 10.3 Å². The standard InChI is InChI=1S/C19H18N4O4S/c1-2-27-17-9-3-14(4-10-17)21-18(24)13-28-19-20-11-12-22(19)15-5-7-16(8-6-15)23(25)26/h3-12H,2,13H2,1H3,(H,21,24). The van der Waals surface area contributed by atoms with Gasteiger partial charge in [-0.3, -0.25) is 19.5 Å². The predicted octanol–water partition coefficient (Wildman–Crippen LogP) is 3.91. The Morgan fingerprint density at radius 1 is 1.21 bits per heavy atom. The Bertz CT molecular complexity index is 955. The van der Waals surface area contributed by atoms with Gasteiger partial charge < -0.3 is 10.1 Å². The number of hydrogen-bond donors (Lipinski definition) is 1. The number of thioether (sulfide) groups is 1. The van der Waals surface area contributed by atoms with Crippen LogP contribution in [0.1, 0.15) is 6.92 Å². The van der Waals surface area contributed by atoms with Crippen molar-refractivity contribution in [2.24, 2.45) is 0 Å². The molecule has 0 atom stereocenters. The maximum absolute atomic E-state index is 12.2. The second kappa shape index (κ2) is 9.05. The number of anilines is 1. The van der Waals surface area contributed by atoms with Crippen molar-refractivity contribution < 1.29 is 14.5 Å². The van der Waals surface area contributed by atoms with Crippen molar-refractivity contribution in [3.8, 4) is 11.4 Å². The fourth-order valence-electron chi connectivity index (χ4n) is 2.46. The summed E-state index contributed by atoms with van der Waals surface area (Å²) in [5, 5.41) is 14.2. The van der Waals surface area contributed by atoms with Crippen LogP contribution >= 0.6 is 11.8 Å². The molecule has 8 nitrogen and oxygen atoms in total. The maximum atomic E-state index is 12.2. The topological polar surface area (TPSA) is 99.3 Å². The first-order valence-electron chi connectivity index (χ1n) is 8.50. The lowest BCUT2D eigenvalue weighted by Gasteiger charge is -2.08. The quantitative estimate of drug-likeness (QED) is 0.351. The van der Waals surface area contributed by atoms with E-state index in [4.69, 9.17) is 4.74 Å². The highest BCUT2D eigenvalue weighted by atomic mass is 32.2. The molecule has 1 amide bonds. The molecular formula is C19H18N4O4S. The van der Waals surface area contributed by atoms with Crippen molar-refractivity contribution in [1.29, 1.82) is 0 Å². The Balaban J connectivity index is 1.60. The molecule has 0 aliphatic heterocycles. The fraction of sp³-hybridized carbons (Fsp3) is 0.158. The van der Waals surface area contributed by atoms with Crippen molar-refractivity contribution in [3.63, 3.8) is 0 Å². The Morgan fingerprint density at radius 2 is 1.93 bits per heavy atom. The number of carbonyl (C=O) groups excluding carboxylic acids is 1.